The zero-order valence-corrected chi connectivity index (χ0v) is 19.6. The van der Waals surface area contributed by atoms with Gasteiger partial charge in [-0.2, -0.15) is 0 Å². The lowest BCUT2D eigenvalue weighted by molar-refractivity contribution is -0.132. The smallest absolute Gasteiger partial charge is 0.226 e. The Bertz CT molecular complexity index is 856. The largest absolute Gasteiger partial charge is 0.497 e. The molecule has 7 heteroatoms. The normalized spacial score (nSPS) is 20.5. The molecule has 1 fully saturated rings. The molecule has 0 atom stereocenters. The number of nitrogens with zero attached hydrogens (tertiary/aromatic N) is 3. The lowest BCUT2D eigenvalue weighted by Crippen LogP contribution is -2.57. The van der Waals surface area contributed by atoms with Gasteiger partial charge in [0.1, 0.15) is 11.6 Å². The summed E-state index contributed by atoms with van der Waals surface area (Å²) in [6, 6.07) is 4.25. The highest BCUT2D eigenvalue weighted by molar-refractivity contribution is 6.18. The lowest BCUT2D eigenvalue weighted by Gasteiger charge is -2.46. The fraction of sp³-hybridized carbons (Fsp3) is 0.500. The Morgan fingerprint density at radius 2 is 1.94 bits per heavy atom. The first-order valence-electron chi connectivity index (χ1n) is 10.6. The van der Waals surface area contributed by atoms with Crippen molar-refractivity contribution in [2.45, 2.75) is 38.6 Å². The summed E-state index contributed by atoms with van der Waals surface area (Å²) in [6.45, 7) is 5.40. The number of rotatable bonds is 4. The molecule has 0 aliphatic carbocycles. The van der Waals surface area contributed by atoms with Gasteiger partial charge in [-0.15, -0.1) is 0 Å². The van der Waals surface area contributed by atoms with Gasteiger partial charge in [-0.3, -0.25) is 9.79 Å². The number of aromatic nitrogens is 1. The number of aliphatic imine (C=N–C) groups is 1. The molecule has 0 bridgehead atoms. The van der Waals surface area contributed by atoms with Crippen molar-refractivity contribution in [2.24, 2.45) is 4.99 Å². The van der Waals surface area contributed by atoms with Crippen LogP contribution in [0, 0.1) is 0 Å². The molecule has 3 heterocycles. The number of ether oxygens (including phenoxy) is 2. The molecule has 1 N–H and O–H groups in total. The topological polar surface area (TPSA) is 68.1 Å². The average Bonchev–Trinajstić information content (AvgIpc) is 3.28. The standard InChI is InChI=1S/C22H30N4O2.C2H6O/c1-5-8-17(28-4)10-11-20(27)25-15-12-22(13-16-25)19-9-7-14-26(19)18(6-2)21(23-3)24-22;1-3-2/h5-10,14H,11-13,15-16H2,1-4H3,(H,23,24);1-2H3/b8-5-,17-10+,18-6+;. The second-order valence-corrected chi connectivity index (χ2v) is 7.52. The Kier molecular flexibility index (Phi) is 9.12. The maximum atomic E-state index is 12.7. The van der Waals surface area contributed by atoms with Crippen molar-refractivity contribution in [3.8, 4) is 0 Å². The second-order valence-electron chi connectivity index (χ2n) is 7.52. The molecule has 31 heavy (non-hydrogen) atoms. The maximum Gasteiger partial charge on any atom is 0.226 e. The van der Waals surface area contributed by atoms with Gasteiger partial charge in [0.2, 0.25) is 5.91 Å². The zero-order chi connectivity index (χ0) is 22.9. The van der Waals surface area contributed by atoms with Crippen LogP contribution < -0.4 is 5.32 Å². The number of nitrogens with one attached hydrogen (secondary N) is 1. The number of carbonyl (C=O) groups is 1. The Balaban J connectivity index is 0.00000107. The van der Waals surface area contributed by atoms with E-state index in [4.69, 9.17) is 4.74 Å². The Hall–Kier alpha value is -2.80. The number of fused-ring (bicyclic) bond motifs is 2. The van der Waals surface area contributed by atoms with Gasteiger partial charge in [-0.25, -0.2) is 0 Å². The van der Waals surface area contributed by atoms with E-state index in [0.29, 0.717) is 6.42 Å². The quantitative estimate of drug-likeness (QED) is 0.588. The number of methoxy groups -OCH3 is 2. The van der Waals surface area contributed by atoms with Gasteiger partial charge in [-0.05, 0) is 51.0 Å². The summed E-state index contributed by atoms with van der Waals surface area (Å²) in [7, 11) is 6.69. The molecule has 1 saturated heterocycles. The molecule has 0 unspecified atom stereocenters. The third-order valence-corrected chi connectivity index (χ3v) is 5.61. The van der Waals surface area contributed by atoms with Gasteiger partial charge in [0.05, 0.1) is 18.3 Å². The van der Waals surface area contributed by atoms with E-state index in [2.05, 4.69) is 44.0 Å². The fourth-order valence-corrected chi connectivity index (χ4v) is 4.12. The molecule has 0 saturated carbocycles. The van der Waals surface area contributed by atoms with Crippen molar-refractivity contribution < 1.29 is 14.3 Å². The average molecular weight is 429 g/mol. The van der Waals surface area contributed by atoms with Crippen LogP contribution in [0.5, 0.6) is 0 Å². The van der Waals surface area contributed by atoms with Crippen molar-refractivity contribution in [1.82, 2.24) is 14.8 Å². The van der Waals surface area contributed by atoms with E-state index in [1.807, 2.05) is 44.0 Å². The van der Waals surface area contributed by atoms with Crippen molar-refractivity contribution in [1.29, 1.82) is 0 Å². The predicted molar refractivity (Wildman–Crippen MR) is 126 cm³/mol. The summed E-state index contributed by atoms with van der Waals surface area (Å²) in [6.07, 6.45) is 11.8. The zero-order valence-electron chi connectivity index (χ0n) is 19.6. The SMILES string of the molecule is C/C=C\C(=C/CC(=O)N1CCC2(CC1)NC(=NC)/C(=C\C)n1cccc12)OC.COC. The molecule has 1 amide bonds. The molecular weight excluding hydrogens is 392 g/mol. The molecule has 7 nitrogen and oxygen atoms in total. The first-order valence-corrected chi connectivity index (χ1v) is 10.6. The number of likely N-dealkylation sites (tertiary alicyclic amines) is 1. The Labute approximate surface area is 186 Å². The van der Waals surface area contributed by atoms with E-state index >= 15 is 0 Å². The molecule has 170 valence electrons. The summed E-state index contributed by atoms with van der Waals surface area (Å²) in [5.74, 6) is 1.77. The first kappa shape index (κ1) is 24.5. The minimum atomic E-state index is -0.180. The van der Waals surface area contributed by atoms with E-state index in [1.165, 1.54) is 5.69 Å². The maximum absolute atomic E-state index is 12.7. The second kappa shape index (κ2) is 11.6. The molecule has 2 aliphatic rings. The van der Waals surface area contributed by atoms with Gasteiger partial charge in [0.25, 0.3) is 0 Å². The van der Waals surface area contributed by atoms with Crippen molar-refractivity contribution >= 4 is 17.4 Å². The Morgan fingerprint density at radius 3 is 2.48 bits per heavy atom. The van der Waals surface area contributed by atoms with Crippen LogP contribution in [0.2, 0.25) is 0 Å². The number of hydrogen-bond donors (Lipinski definition) is 1. The van der Waals surface area contributed by atoms with Gasteiger partial charge >= 0.3 is 0 Å². The number of carbonyl (C=O) groups excluding carboxylic acids is 1. The van der Waals surface area contributed by atoms with Crippen molar-refractivity contribution in [3.05, 3.63) is 54.1 Å². The summed E-state index contributed by atoms with van der Waals surface area (Å²) in [5.41, 5.74) is 2.14. The predicted octanol–water partition coefficient (Wildman–Crippen LogP) is 3.56. The van der Waals surface area contributed by atoms with Crippen LogP contribution >= 0.6 is 0 Å². The van der Waals surface area contributed by atoms with Crippen molar-refractivity contribution in [2.75, 3.05) is 41.5 Å². The van der Waals surface area contributed by atoms with Crippen LogP contribution in [0.25, 0.3) is 5.70 Å². The van der Waals surface area contributed by atoms with Crippen LogP contribution in [0.3, 0.4) is 0 Å². The van der Waals surface area contributed by atoms with Crippen LogP contribution in [-0.4, -0.2) is 62.7 Å². The molecule has 0 radical (unpaired) electrons. The van der Waals surface area contributed by atoms with E-state index in [0.717, 1.165) is 43.2 Å². The number of amides is 1. The number of allylic oxidation sites excluding steroid dienone is 3. The highest BCUT2D eigenvalue weighted by atomic mass is 16.5. The first-order chi connectivity index (χ1) is 15.0. The van der Waals surface area contributed by atoms with Crippen LogP contribution in [0.15, 0.2) is 53.4 Å². The Morgan fingerprint density at radius 1 is 1.26 bits per heavy atom. The number of hydrogen-bond acceptors (Lipinski definition) is 4. The number of piperidine rings is 1. The van der Waals surface area contributed by atoms with Crippen LogP contribution in [0.4, 0.5) is 0 Å². The third kappa shape index (κ3) is 5.47. The van der Waals surface area contributed by atoms with Gasteiger partial charge in [0.15, 0.2) is 0 Å². The molecule has 1 spiro atoms. The third-order valence-electron chi connectivity index (χ3n) is 5.61. The van der Waals surface area contributed by atoms with Gasteiger partial charge in [-0.1, -0.05) is 12.2 Å². The molecular formula is C24H36N4O3. The minimum Gasteiger partial charge on any atom is -0.497 e. The van der Waals surface area contributed by atoms with Crippen LogP contribution in [-0.2, 0) is 19.8 Å². The van der Waals surface area contributed by atoms with E-state index in [1.54, 1.807) is 21.3 Å². The molecule has 0 aromatic carbocycles. The van der Waals surface area contributed by atoms with E-state index in [9.17, 15) is 4.79 Å². The highest BCUT2D eigenvalue weighted by Gasteiger charge is 2.43. The van der Waals surface area contributed by atoms with Crippen LogP contribution in [0.1, 0.15) is 38.8 Å². The molecule has 1 aromatic rings. The number of amidine groups is 1. The monoisotopic (exact) mass is 428 g/mol. The van der Waals surface area contributed by atoms with Gasteiger partial charge < -0.3 is 24.3 Å². The van der Waals surface area contributed by atoms with Crippen molar-refractivity contribution in [3.63, 3.8) is 0 Å². The summed E-state index contributed by atoms with van der Waals surface area (Å²) in [5, 5.41) is 3.68. The van der Waals surface area contributed by atoms with E-state index < -0.39 is 0 Å². The summed E-state index contributed by atoms with van der Waals surface area (Å²) in [4.78, 5) is 19.1. The molecule has 2 aliphatic heterocycles. The highest BCUT2D eigenvalue weighted by Crippen LogP contribution is 2.38. The molecule has 3 rings (SSSR count). The molecule has 1 aromatic heterocycles. The lowest BCUT2D eigenvalue weighted by atomic mass is 9.82. The van der Waals surface area contributed by atoms with Gasteiger partial charge in [0, 0.05) is 52.7 Å². The summed E-state index contributed by atoms with van der Waals surface area (Å²) >= 11 is 0. The van der Waals surface area contributed by atoms with E-state index in [-0.39, 0.29) is 11.4 Å². The minimum absolute atomic E-state index is 0.138. The summed E-state index contributed by atoms with van der Waals surface area (Å²) < 4.78 is 11.7. The fourth-order valence-electron chi connectivity index (χ4n) is 4.12.